The normalized spacial score (nSPS) is 13.7. The van der Waals surface area contributed by atoms with E-state index in [4.69, 9.17) is 0 Å². The summed E-state index contributed by atoms with van der Waals surface area (Å²) in [4.78, 5) is 4.54. The average Bonchev–Trinajstić information content (AvgIpc) is 2.93. The van der Waals surface area contributed by atoms with Gasteiger partial charge in [-0.25, -0.2) is 4.99 Å². The van der Waals surface area contributed by atoms with Crippen LogP contribution in [0.3, 0.4) is 0 Å². The second kappa shape index (κ2) is 6.99. The van der Waals surface area contributed by atoms with Crippen molar-refractivity contribution in [3.8, 4) is 24.3 Å². The molecule has 0 atom stereocenters. The molecule has 0 aromatic heterocycles. The molecule has 2 aromatic carbocycles. The monoisotopic (exact) mass is 411 g/mol. The van der Waals surface area contributed by atoms with Gasteiger partial charge in [0.15, 0.2) is 0 Å². The van der Waals surface area contributed by atoms with Crippen LogP contribution in [0.25, 0.3) is 17.2 Å². The topological polar surface area (TPSA) is 108 Å². The largest absolute Gasteiger partial charge is 0.416 e. The van der Waals surface area contributed by atoms with Crippen molar-refractivity contribution in [2.75, 3.05) is 0 Å². The van der Waals surface area contributed by atoms with Gasteiger partial charge in [-0.3, -0.25) is 0 Å². The van der Waals surface area contributed by atoms with Crippen molar-refractivity contribution in [1.29, 1.82) is 21.0 Å². The minimum atomic E-state index is -4.59. The molecule has 5 nitrogen and oxygen atoms in total. The predicted octanol–water partition coefficient (Wildman–Crippen LogP) is 3.48. The number of alkyl halides is 3. The van der Waals surface area contributed by atoms with Crippen LogP contribution in [0.5, 0.6) is 0 Å². The van der Waals surface area contributed by atoms with E-state index < -0.39 is 11.7 Å². The Hall–Kier alpha value is -4.66. The van der Waals surface area contributed by atoms with E-state index in [1.807, 2.05) is 12.1 Å². The van der Waals surface area contributed by atoms with Gasteiger partial charge in [0.2, 0.25) is 0 Å². The number of rotatable bonds is 0. The molecule has 4 rings (SSSR count). The molecule has 1 aliphatic carbocycles. The summed E-state index contributed by atoms with van der Waals surface area (Å²) < 4.78 is 39.9. The van der Waals surface area contributed by atoms with E-state index in [0.717, 1.165) is 12.1 Å². The average molecular weight is 411 g/mol. The van der Waals surface area contributed by atoms with Crippen molar-refractivity contribution in [3.05, 3.63) is 80.0 Å². The van der Waals surface area contributed by atoms with E-state index in [2.05, 4.69) is 4.99 Å². The number of fused-ring (bicyclic) bond motifs is 3. The summed E-state index contributed by atoms with van der Waals surface area (Å²) in [5, 5.41) is 38.4. The van der Waals surface area contributed by atoms with Crippen LogP contribution in [0.1, 0.15) is 34.2 Å². The fourth-order valence-corrected chi connectivity index (χ4v) is 3.70. The number of nitriles is 4. The Morgan fingerprint density at radius 1 is 0.903 bits per heavy atom. The third kappa shape index (κ3) is 3.04. The van der Waals surface area contributed by atoms with E-state index in [1.54, 1.807) is 18.2 Å². The summed E-state index contributed by atoms with van der Waals surface area (Å²) in [6.07, 6.45) is -2.58. The molecule has 0 saturated heterocycles. The molecule has 0 unspecified atom stereocenters. The van der Waals surface area contributed by atoms with E-state index in [0.29, 0.717) is 21.7 Å². The van der Waals surface area contributed by atoms with E-state index >= 15 is 0 Å². The Labute approximate surface area is 173 Å². The van der Waals surface area contributed by atoms with Gasteiger partial charge in [0.25, 0.3) is 0 Å². The maximum absolute atomic E-state index is 13.3. The van der Waals surface area contributed by atoms with Crippen LogP contribution in [-0.2, 0) is 6.18 Å². The smallest absolute Gasteiger partial charge is 0.247 e. The molecule has 0 N–H and O–H groups in total. The molecule has 8 heteroatoms. The zero-order valence-electron chi connectivity index (χ0n) is 15.5. The Balaban J connectivity index is 2.06. The first-order chi connectivity index (χ1) is 14.8. The quantitative estimate of drug-likeness (QED) is 0.619. The number of halogens is 3. The molecule has 0 saturated carbocycles. The molecular weight excluding hydrogens is 403 g/mol. The first-order valence-electron chi connectivity index (χ1n) is 8.85. The van der Waals surface area contributed by atoms with Gasteiger partial charge in [-0.1, -0.05) is 12.1 Å². The summed E-state index contributed by atoms with van der Waals surface area (Å²) in [5.74, 6) is 0. The summed E-state index contributed by atoms with van der Waals surface area (Å²) in [6, 6.07) is 13.5. The Kier molecular flexibility index (Phi) is 4.43. The van der Waals surface area contributed by atoms with Gasteiger partial charge in [-0.15, -0.1) is 0 Å². The highest BCUT2D eigenvalue weighted by molar-refractivity contribution is 6.03. The van der Waals surface area contributed by atoms with E-state index in [1.165, 1.54) is 18.2 Å². The van der Waals surface area contributed by atoms with Crippen molar-refractivity contribution in [1.82, 2.24) is 0 Å². The Morgan fingerprint density at radius 3 is 2.19 bits per heavy atom. The van der Waals surface area contributed by atoms with Gasteiger partial charge in [0.1, 0.15) is 29.8 Å². The highest BCUT2D eigenvalue weighted by Crippen LogP contribution is 2.47. The third-order valence-corrected chi connectivity index (χ3v) is 5.10. The molecule has 2 aliphatic rings. The van der Waals surface area contributed by atoms with Gasteiger partial charge >= 0.3 is 6.18 Å². The first kappa shape index (κ1) is 19.6. The van der Waals surface area contributed by atoms with Crippen molar-refractivity contribution >= 4 is 17.2 Å². The summed E-state index contributed by atoms with van der Waals surface area (Å²) in [5.41, 5.74) is 0.413. The molecule has 1 aliphatic heterocycles. The van der Waals surface area contributed by atoms with Gasteiger partial charge in [0, 0.05) is 5.57 Å². The summed E-state index contributed by atoms with van der Waals surface area (Å²) in [6.45, 7) is 0. The van der Waals surface area contributed by atoms with Crippen LogP contribution in [0.15, 0.2) is 46.6 Å². The minimum absolute atomic E-state index is 0.0326. The molecule has 146 valence electrons. The molecule has 0 amide bonds. The molecule has 0 radical (unpaired) electrons. The lowest BCUT2D eigenvalue weighted by Crippen LogP contribution is -2.25. The van der Waals surface area contributed by atoms with Crippen LogP contribution in [0.2, 0.25) is 0 Å². The Bertz CT molecular complexity index is 1510. The number of hydrogen-bond donors (Lipinski definition) is 0. The maximum Gasteiger partial charge on any atom is 0.416 e. The van der Waals surface area contributed by atoms with Gasteiger partial charge < -0.3 is 0 Å². The molecule has 0 bridgehead atoms. The fraction of sp³-hybridized carbons (Fsp3) is 0.0870. The van der Waals surface area contributed by atoms with Crippen molar-refractivity contribution in [2.45, 2.75) is 12.6 Å². The highest BCUT2D eigenvalue weighted by Gasteiger charge is 2.35. The highest BCUT2D eigenvalue weighted by atomic mass is 19.4. The number of benzene rings is 2. The predicted molar refractivity (Wildman–Crippen MR) is 102 cm³/mol. The van der Waals surface area contributed by atoms with E-state index in [9.17, 15) is 34.2 Å². The second-order valence-corrected chi connectivity index (χ2v) is 6.76. The van der Waals surface area contributed by atoms with Gasteiger partial charge in [-0.05, 0) is 52.6 Å². The number of allylic oxidation sites excluding steroid dienone is 3. The van der Waals surface area contributed by atoms with Crippen molar-refractivity contribution in [2.24, 2.45) is 4.99 Å². The van der Waals surface area contributed by atoms with Crippen molar-refractivity contribution in [3.63, 3.8) is 0 Å². The molecular formula is C23H8F3N5. The van der Waals surface area contributed by atoms with Crippen molar-refractivity contribution < 1.29 is 13.2 Å². The maximum atomic E-state index is 13.3. The molecule has 31 heavy (non-hydrogen) atoms. The summed E-state index contributed by atoms with van der Waals surface area (Å²) >= 11 is 0. The van der Waals surface area contributed by atoms with E-state index in [-0.39, 0.29) is 40.0 Å². The van der Waals surface area contributed by atoms with Crippen LogP contribution in [-0.4, -0.2) is 0 Å². The molecule has 0 fully saturated rings. The zero-order chi connectivity index (χ0) is 22.3. The van der Waals surface area contributed by atoms with Crippen LogP contribution < -0.4 is 10.6 Å². The lowest BCUT2D eigenvalue weighted by Gasteiger charge is -2.10. The molecule has 0 spiro atoms. The zero-order valence-corrected chi connectivity index (χ0v) is 15.5. The SMILES string of the molecule is N#CC(C#N)=C1C2=C(CC=c3cc(C#N)c(C#N)cc3=N2)c2ccc(C(F)(F)F)cc21. The van der Waals surface area contributed by atoms with Gasteiger partial charge in [-0.2, -0.15) is 34.2 Å². The first-order valence-corrected chi connectivity index (χ1v) is 8.85. The minimum Gasteiger partial charge on any atom is -0.247 e. The second-order valence-electron chi connectivity index (χ2n) is 6.76. The Morgan fingerprint density at radius 2 is 1.58 bits per heavy atom. The number of nitrogens with zero attached hydrogens (tertiary/aromatic N) is 5. The standard InChI is InChI=1S/C23H8F3N5/c24-23(25,26)16-2-4-17-18-3-1-12-5-13(8-27)14(9-28)6-20(12)31-22(18)21(19(17)7-16)15(10-29)11-30/h1-2,4-7H,3H2. The fourth-order valence-electron chi connectivity index (χ4n) is 3.70. The lowest BCUT2D eigenvalue weighted by molar-refractivity contribution is -0.137. The number of hydrogen-bond acceptors (Lipinski definition) is 5. The van der Waals surface area contributed by atoms with Gasteiger partial charge in [0.05, 0.1) is 27.7 Å². The van der Waals surface area contributed by atoms with Crippen LogP contribution in [0.4, 0.5) is 13.2 Å². The van der Waals surface area contributed by atoms with Crippen LogP contribution >= 0.6 is 0 Å². The summed E-state index contributed by atoms with van der Waals surface area (Å²) in [7, 11) is 0. The third-order valence-electron chi connectivity index (χ3n) is 5.10. The molecule has 1 heterocycles. The lowest BCUT2D eigenvalue weighted by atomic mass is 9.97. The molecule has 2 aromatic rings. The van der Waals surface area contributed by atoms with Crippen LogP contribution in [0, 0.1) is 45.3 Å².